The van der Waals surface area contributed by atoms with Crippen LogP contribution in [0, 0.1) is 5.92 Å². The van der Waals surface area contributed by atoms with Crippen LogP contribution in [0.5, 0.6) is 17.2 Å². The van der Waals surface area contributed by atoms with Gasteiger partial charge in [-0.15, -0.1) is 0 Å². The second-order valence-electron chi connectivity index (χ2n) is 7.05. The van der Waals surface area contributed by atoms with E-state index in [2.05, 4.69) is 5.32 Å². The fourth-order valence-corrected chi connectivity index (χ4v) is 5.22. The van der Waals surface area contributed by atoms with Crippen LogP contribution >= 0.6 is 11.6 Å². The first kappa shape index (κ1) is 23.2. The number of nitrogens with zero attached hydrogens (tertiary/aromatic N) is 1. The van der Waals surface area contributed by atoms with Crippen LogP contribution in [0.4, 0.5) is 5.69 Å². The second-order valence-corrected chi connectivity index (χ2v) is 9.40. The van der Waals surface area contributed by atoms with Gasteiger partial charge < -0.3 is 19.5 Å². The highest BCUT2D eigenvalue weighted by Crippen LogP contribution is 2.36. The van der Waals surface area contributed by atoms with E-state index in [9.17, 15) is 13.2 Å². The Bertz CT molecular complexity index is 1040. The number of hydrogen-bond acceptors (Lipinski definition) is 6. The summed E-state index contributed by atoms with van der Waals surface area (Å²) < 4.78 is 43.0. The summed E-state index contributed by atoms with van der Waals surface area (Å²) in [5, 5.41) is 3.17. The maximum Gasteiger partial charge on any atom is 0.243 e. The predicted octanol–water partition coefficient (Wildman–Crippen LogP) is 3.41. The summed E-state index contributed by atoms with van der Waals surface area (Å²) in [5.41, 5.74) is 0.406. The summed E-state index contributed by atoms with van der Waals surface area (Å²) in [6.07, 6.45) is 1.15. The zero-order valence-electron chi connectivity index (χ0n) is 17.6. The van der Waals surface area contributed by atoms with Crippen molar-refractivity contribution in [3.8, 4) is 17.2 Å². The molecule has 0 bridgehead atoms. The second kappa shape index (κ2) is 9.76. The Balaban J connectivity index is 1.76. The molecule has 10 heteroatoms. The van der Waals surface area contributed by atoms with Crippen molar-refractivity contribution >= 4 is 33.2 Å². The highest BCUT2D eigenvalue weighted by atomic mass is 35.5. The van der Waals surface area contributed by atoms with Crippen molar-refractivity contribution in [1.82, 2.24) is 4.31 Å². The molecule has 1 amide bonds. The van der Waals surface area contributed by atoms with E-state index in [0.29, 0.717) is 47.3 Å². The lowest BCUT2D eigenvalue weighted by Crippen LogP contribution is -2.43. The normalized spacial score (nSPS) is 17.1. The van der Waals surface area contributed by atoms with Crippen LogP contribution in [0.15, 0.2) is 41.3 Å². The number of benzene rings is 2. The summed E-state index contributed by atoms with van der Waals surface area (Å²) >= 11 is 6.11. The Labute approximate surface area is 187 Å². The average molecular weight is 469 g/mol. The molecule has 0 aromatic heterocycles. The number of carbonyl (C=O) groups is 1. The number of anilines is 1. The maximum absolute atomic E-state index is 13.0. The Morgan fingerprint density at radius 3 is 2.35 bits per heavy atom. The number of halogens is 1. The van der Waals surface area contributed by atoms with E-state index >= 15 is 0 Å². The molecule has 168 valence electrons. The Kier molecular flexibility index (Phi) is 7.30. The Hall–Kier alpha value is -2.49. The molecule has 3 rings (SSSR count). The van der Waals surface area contributed by atoms with Crippen LogP contribution in [-0.2, 0) is 14.8 Å². The Morgan fingerprint density at radius 2 is 1.74 bits per heavy atom. The van der Waals surface area contributed by atoms with Gasteiger partial charge >= 0.3 is 0 Å². The Morgan fingerprint density at radius 1 is 1.06 bits per heavy atom. The summed E-state index contributed by atoms with van der Waals surface area (Å²) in [6, 6.07) is 9.33. The molecule has 0 unspecified atom stereocenters. The minimum absolute atomic E-state index is 0.0905. The lowest BCUT2D eigenvalue weighted by molar-refractivity contribution is -0.120. The van der Waals surface area contributed by atoms with Crippen LogP contribution in [0.1, 0.15) is 12.8 Å². The topological polar surface area (TPSA) is 94.2 Å². The van der Waals surface area contributed by atoms with Crippen molar-refractivity contribution < 1.29 is 27.4 Å². The zero-order chi connectivity index (χ0) is 22.6. The van der Waals surface area contributed by atoms with Crippen LogP contribution < -0.4 is 19.5 Å². The number of ether oxygens (including phenoxy) is 3. The van der Waals surface area contributed by atoms with Gasteiger partial charge in [0.1, 0.15) is 17.2 Å². The van der Waals surface area contributed by atoms with E-state index in [0.717, 1.165) is 0 Å². The van der Waals surface area contributed by atoms with E-state index in [1.165, 1.54) is 37.8 Å². The highest BCUT2D eigenvalue weighted by Gasteiger charge is 2.33. The fourth-order valence-electron chi connectivity index (χ4n) is 3.46. The number of piperidine rings is 1. The van der Waals surface area contributed by atoms with Gasteiger partial charge in [0, 0.05) is 25.2 Å². The molecule has 2 aromatic rings. The van der Waals surface area contributed by atoms with Gasteiger partial charge in [0.05, 0.1) is 42.9 Å². The molecule has 1 atom stereocenters. The van der Waals surface area contributed by atoms with Gasteiger partial charge in [0.2, 0.25) is 15.9 Å². The third-order valence-electron chi connectivity index (χ3n) is 5.18. The highest BCUT2D eigenvalue weighted by molar-refractivity contribution is 7.89. The number of rotatable bonds is 7. The molecule has 1 fully saturated rings. The number of sulfonamides is 1. The number of carbonyl (C=O) groups excluding carboxylic acids is 1. The molecule has 0 saturated carbocycles. The van der Waals surface area contributed by atoms with Crippen molar-refractivity contribution in [1.29, 1.82) is 0 Å². The smallest absolute Gasteiger partial charge is 0.243 e. The van der Waals surface area contributed by atoms with Crippen molar-refractivity contribution in [2.75, 3.05) is 39.7 Å². The number of methoxy groups -OCH3 is 3. The minimum Gasteiger partial charge on any atom is -0.497 e. The van der Waals surface area contributed by atoms with Crippen molar-refractivity contribution in [3.05, 3.63) is 41.4 Å². The monoisotopic (exact) mass is 468 g/mol. The molecule has 0 spiro atoms. The van der Waals surface area contributed by atoms with Crippen LogP contribution in [0.3, 0.4) is 0 Å². The van der Waals surface area contributed by atoms with Gasteiger partial charge in [-0.05, 0) is 37.1 Å². The molecule has 1 aliphatic heterocycles. The quantitative estimate of drug-likeness (QED) is 0.669. The SMILES string of the molecule is COc1ccc(S(=O)(=O)N2CCC[C@@H](C(=O)Nc3cc(OC)c(Cl)cc3OC)C2)cc1. The van der Waals surface area contributed by atoms with Crippen LogP contribution in [0.2, 0.25) is 5.02 Å². The molecule has 1 heterocycles. The van der Waals surface area contributed by atoms with E-state index in [1.807, 2.05) is 0 Å². The van der Waals surface area contributed by atoms with Gasteiger partial charge in [-0.25, -0.2) is 8.42 Å². The molecule has 8 nitrogen and oxygen atoms in total. The molecule has 1 N–H and O–H groups in total. The lowest BCUT2D eigenvalue weighted by Gasteiger charge is -2.31. The zero-order valence-corrected chi connectivity index (χ0v) is 19.1. The first-order valence-electron chi connectivity index (χ1n) is 9.66. The van der Waals surface area contributed by atoms with Gasteiger partial charge in [0.25, 0.3) is 0 Å². The fraction of sp³-hybridized carbons (Fsp3) is 0.381. The first-order chi connectivity index (χ1) is 14.8. The van der Waals surface area contributed by atoms with E-state index < -0.39 is 15.9 Å². The molecule has 0 radical (unpaired) electrons. The lowest BCUT2D eigenvalue weighted by atomic mass is 9.98. The van der Waals surface area contributed by atoms with E-state index in [-0.39, 0.29) is 17.3 Å². The van der Waals surface area contributed by atoms with Gasteiger partial charge in [-0.1, -0.05) is 11.6 Å². The molecule has 1 saturated heterocycles. The number of hydrogen-bond donors (Lipinski definition) is 1. The van der Waals surface area contributed by atoms with E-state index in [4.69, 9.17) is 25.8 Å². The van der Waals surface area contributed by atoms with Gasteiger partial charge in [-0.2, -0.15) is 4.31 Å². The first-order valence-corrected chi connectivity index (χ1v) is 11.5. The van der Waals surface area contributed by atoms with Crippen molar-refractivity contribution in [2.45, 2.75) is 17.7 Å². The summed E-state index contributed by atoms with van der Waals surface area (Å²) in [5.74, 6) is 0.551. The van der Waals surface area contributed by atoms with Crippen molar-refractivity contribution in [3.63, 3.8) is 0 Å². The van der Waals surface area contributed by atoms with Crippen LogP contribution in [-0.4, -0.2) is 53.0 Å². The maximum atomic E-state index is 13.0. The average Bonchev–Trinajstić information content (AvgIpc) is 2.79. The predicted molar refractivity (Wildman–Crippen MR) is 118 cm³/mol. The van der Waals surface area contributed by atoms with Crippen molar-refractivity contribution in [2.24, 2.45) is 5.92 Å². The molecule has 1 aliphatic rings. The standard InChI is InChI=1S/C21H25ClN2O6S/c1-28-15-6-8-16(9-7-15)31(26,27)24-10-4-5-14(13-24)21(25)23-18-12-19(29-2)17(22)11-20(18)30-3/h6-9,11-12,14H,4-5,10,13H2,1-3H3,(H,23,25)/t14-/m1/s1. The van der Waals surface area contributed by atoms with Gasteiger partial charge in [-0.3, -0.25) is 4.79 Å². The molecule has 2 aromatic carbocycles. The summed E-state index contributed by atoms with van der Waals surface area (Å²) in [6.45, 7) is 0.448. The van der Waals surface area contributed by atoms with Crippen LogP contribution in [0.25, 0.3) is 0 Å². The number of amides is 1. The van der Waals surface area contributed by atoms with E-state index in [1.54, 1.807) is 24.3 Å². The largest absolute Gasteiger partial charge is 0.497 e. The van der Waals surface area contributed by atoms with Gasteiger partial charge in [0.15, 0.2) is 0 Å². The number of nitrogens with one attached hydrogen (secondary N) is 1. The molecule has 31 heavy (non-hydrogen) atoms. The molecular weight excluding hydrogens is 444 g/mol. The summed E-state index contributed by atoms with van der Waals surface area (Å²) in [4.78, 5) is 13.1. The third kappa shape index (κ3) is 5.06. The summed E-state index contributed by atoms with van der Waals surface area (Å²) in [7, 11) is 0.741. The molecule has 0 aliphatic carbocycles. The third-order valence-corrected chi connectivity index (χ3v) is 7.36. The molecular formula is C21H25ClN2O6S. The minimum atomic E-state index is -3.72.